The maximum Gasteiger partial charge on any atom is 0.123 e. The summed E-state index contributed by atoms with van der Waals surface area (Å²) in [4.78, 5) is 2.16. The Morgan fingerprint density at radius 1 is 1.47 bits per heavy atom. The number of aliphatic hydroxyl groups excluding tert-OH is 1. The van der Waals surface area contributed by atoms with Gasteiger partial charge in [-0.1, -0.05) is 0 Å². The average Bonchev–Trinajstić information content (AvgIpc) is 2.38. The lowest BCUT2D eigenvalue weighted by molar-refractivity contribution is -0.0361. The number of nitrogens with zero attached hydrogens (tertiary/aromatic N) is 1. The first-order chi connectivity index (χ1) is 9.13. The van der Waals surface area contributed by atoms with E-state index in [1.807, 2.05) is 6.92 Å². The molecule has 0 radical (unpaired) electrons. The van der Waals surface area contributed by atoms with Gasteiger partial charge in [0.25, 0.3) is 0 Å². The van der Waals surface area contributed by atoms with Crippen molar-refractivity contribution in [2.24, 2.45) is 0 Å². The molecule has 0 bridgehead atoms. The van der Waals surface area contributed by atoms with Crippen molar-refractivity contribution in [3.05, 3.63) is 30.1 Å². The summed E-state index contributed by atoms with van der Waals surface area (Å²) in [6, 6.07) is 5.79. The van der Waals surface area contributed by atoms with Crippen molar-refractivity contribution >= 4 is 0 Å². The van der Waals surface area contributed by atoms with Gasteiger partial charge in [-0.25, -0.2) is 4.39 Å². The lowest BCUT2D eigenvalue weighted by atomic mass is 10.2. The van der Waals surface area contributed by atoms with Gasteiger partial charge in [0.2, 0.25) is 0 Å². The molecule has 0 spiro atoms. The molecule has 0 unspecified atom stereocenters. The molecule has 1 saturated heterocycles. The molecule has 1 N–H and O–H groups in total. The molecule has 2 rings (SSSR count). The van der Waals surface area contributed by atoms with Crippen LogP contribution in [0.3, 0.4) is 0 Å². The second kappa shape index (κ2) is 6.84. The van der Waals surface area contributed by atoms with Crippen molar-refractivity contribution in [3.8, 4) is 5.75 Å². The summed E-state index contributed by atoms with van der Waals surface area (Å²) in [7, 11) is 0. The normalized spacial score (nSPS) is 22.2. The van der Waals surface area contributed by atoms with Crippen molar-refractivity contribution in [1.29, 1.82) is 0 Å². The molecule has 1 aromatic rings. The lowest BCUT2D eigenvalue weighted by Gasteiger charge is -2.32. The predicted octanol–water partition coefficient (Wildman–Crippen LogP) is 1.29. The van der Waals surface area contributed by atoms with Crippen LogP contribution in [0.5, 0.6) is 5.75 Å². The first-order valence-electron chi connectivity index (χ1n) is 6.54. The first-order valence-corrected chi connectivity index (χ1v) is 6.54. The van der Waals surface area contributed by atoms with Crippen LogP contribution in [0.1, 0.15) is 6.92 Å². The van der Waals surface area contributed by atoms with Crippen LogP contribution in [0.25, 0.3) is 0 Å². The summed E-state index contributed by atoms with van der Waals surface area (Å²) >= 11 is 0. The van der Waals surface area contributed by atoms with E-state index in [0.717, 1.165) is 13.1 Å². The zero-order valence-electron chi connectivity index (χ0n) is 11.1. The Labute approximate surface area is 112 Å². The Morgan fingerprint density at radius 2 is 2.21 bits per heavy atom. The minimum atomic E-state index is -0.560. The van der Waals surface area contributed by atoms with Gasteiger partial charge < -0.3 is 14.6 Å². The van der Waals surface area contributed by atoms with Gasteiger partial charge in [-0.05, 0) is 31.2 Å². The minimum Gasteiger partial charge on any atom is -0.491 e. The SMILES string of the molecule is C[C@@H]1CN(C[C@H](O)COc2ccc(F)cc2)CCO1. The Morgan fingerprint density at radius 3 is 2.89 bits per heavy atom. The van der Waals surface area contributed by atoms with Crippen LogP contribution in [-0.4, -0.2) is 55.1 Å². The molecule has 1 heterocycles. The van der Waals surface area contributed by atoms with Crippen molar-refractivity contribution < 1.29 is 19.0 Å². The van der Waals surface area contributed by atoms with Gasteiger partial charge in [-0.15, -0.1) is 0 Å². The summed E-state index contributed by atoms with van der Waals surface area (Å²) in [5.41, 5.74) is 0. The Kier molecular flexibility index (Phi) is 5.13. The fourth-order valence-electron chi connectivity index (χ4n) is 2.13. The Balaban J connectivity index is 1.72. The number of hydrogen-bond acceptors (Lipinski definition) is 4. The first kappa shape index (κ1) is 14.2. The molecule has 19 heavy (non-hydrogen) atoms. The number of β-amino-alcohol motifs (C(OH)–C–C–N with tert-alkyl or cyclic N) is 1. The van der Waals surface area contributed by atoms with Gasteiger partial charge in [-0.3, -0.25) is 4.90 Å². The number of benzene rings is 1. The quantitative estimate of drug-likeness (QED) is 0.874. The fourth-order valence-corrected chi connectivity index (χ4v) is 2.13. The van der Waals surface area contributed by atoms with Gasteiger partial charge in [0.05, 0.1) is 12.7 Å². The molecule has 0 aromatic heterocycles. The largest absolute Gasteiger partial charge is 0.491 e. The average molecular weight is 269 g/mol. The van der Waals surface area contributed by atoms with Crippen molar-refractivity contribution in [2.75, 3.05) is 32.8 Å². The van der Waals surface area contributed by atoms with E-state index in [-0.39, 0.29) is 18.5 Å². The summed E-state index contributed by atoms with van der Waals surface area (Å²) in [5, 5.41) is 9.92. The third kappa shape index (κ3) is 4.78. The molecule has 0 aliphatic carbocycles. The zero-order valence-corrected chi connectivity index (χ0v) is 11.1. The second-order valence-corrected chi connectivity index (χ2v) is 4.86. The molecular formula is C14H20FNO3. The highest BCUT2D eigenvalue weighted by Gasteiger charge is 2.19. The summed E-state index contributed by atoms with van der Waals surface area (Å²) < 4.78 is 23.6. The maximum atomic E-state index is 12.7. The van der Waals surface area contributed by atoms with Crippen LogP contribution in [0.2, 0.25) is 0 Å². The third-order valence-electron chi connectivity index (χ3n) is 3.05. The number of halogens is 1. The molecule has 5 heteroatoms. The number of morpholine rings is 1. The van der Waals surface area contributed by atoms with Gasteiger partial charge in [0, 0.05) is 19.6 Å². The monoisotopic (exact) mass is 269 g/mol. The number of ether oxygens (including phenoxy) is 2. The number of rotatable bonds is 5. The van der Waals surface area contributed by atoms with Gasteiger partial charge in [0.15, 0.2) is 0 Å². The topological polar surface area (TPSA) is 41.9 Å². The smallest absolute Gasteiger partial charge is 0.123 e. The standard InChI is InChI=1S/C14H20FNO3/c1-11-8-16(6-7-18-11)9-13(17)10-19-14-4-2-12(15)3-5-14/h2-5,11,13,17H,6-10H2,1H3/t11-,13+/m1/s1. The summed E-state index contributed by atoms with van der Waals surface area (Å²) in [6.07, 6.45) is -0.352. The number of aliphatic hydroxyl groups is 1. The molecular weight excluding hydrogens is 249 g/mol. The van der Waals surface area contributed by atoms with Crippen molar-refractivity contribution in [3.63, 3.8) is 0 Å². The zero-order chi connectivity index (χ0) is 13.7. The van der Waals surface area contributed by atoms with Crippen LogP contribution >= 0.6 is 0 Å². The molecule has 1 aliphatic heterocycles. The van der Waals surface area contributed by atoms with Gasteiger partial charge in [-0.2, -0.15) is 0 Å². The fraction of sp³-hybridized carbons (Fsp3) is 0.571. The molecule has 0 amide bonds. The van der Waals surface area contributed by atoms with E-state index >= 15 is 0 Å². The van der Waals surface area contributed by atoms with Crippen LogP contribution in [0.4, 0.5) is 4.39 Å². The lowest BCUT2D eigenvalue weighted by Crippen LogP contribution is -2.45. The Hall–Kier alpha value is -1.17. The van der Waals surface area contributed by atoms with Crippen LogP contribution in [0, 0.1) is 5.82 Å². The van der Waals surface area contributed by atoms with Crippen LogP contribution in [-0.2, 0) is 4.74 Å². The summed E-state index contributed by atoms with van der Waals surface area (Å²) in [6.45, 7) is 5.15. The van der Waals surface area contributed by atoms with Crippen LogP contribution < -0.4 is 4.74 Å². The maximum absolute atomic E-state index is 12.7. The minimum absolute atomic E-state index is 0.206. The van der Waals surface area contributed by atoms with Crippen LogP contribution in [0.15, 0.2) is 24.3 Å². The molecule has 2 atom stereocenters. The van der Waals surface area contributed by atoms with E-state index in [9.17, 15) is 9.50 Å². The van der Waals surface area contributed by atoms with E-state index in [0.29, 0.717) is 18.9 Å². The molecule has 1 aliphatic rings. The van der Waals surface area contributed by atoms with E-state index in [2.05, 4.69) is 4.90 Å². The molecule has 106 valence electrons. The molecule has 1 aromatic carbocycles. The summed E-state index contributed by atoms with van der Waals surface area (Å²) in [5.74, 6) is 0.269. The van der Waals surface area contributed by atoms with E-state index in [1.54, 1.807) is 12.1 Å². The molecule has 1 fully saturated rings. The van der Waals surface area contributed by atoms with Crippen molar-refractivity contribution in [1.82, 2.24) is 4.90 Å². The second-order valence-electron chi connectivity index (χ2n) is 4.86. The predicted molar refractivity (Wildman–Crippen MR) is 69.8 cm³/mol. The van der Waals surface area contributed by atoms with Crippen molar-refractivity contribution in [2.45, 2.75) is 19.1 Å². The van der Waals surface area contributed by atoms with E-state index in [4.69, 9.17) is 9.47 Å². The third-order valence-corrected chi connectivity index (χ3v) is 3.05. The highest BCUT2D eigenvalue weighted by Crippen LogP contribution is 2.12. The Bertz CT molecular complexity index is 385. The van der Waals surface area contributed by atoms with Gasteiger partial charge >= 0.3 is 0 Å². The highest BCUT2D eigenvalue weighted by molar-refractivity contribution is 5.22. The van der Waals surface area contributed by atoms with E-state index < -0.39 is 6.10 Å². The molecule has 4 nitrogen and oxygen atoms in total. The van der Waals surface area contributed by atoms with E-state index in [1.165, 1.54) is 12.1 Å². The number of hydrogen-bond donors (Lipinski definition) is 1. The van der Waals surface area contributed by atoms with Gasteiger partial charge in [0.1, 0.15) is 24.3 Å². The molecule has 0 saturated carbocycles. The highest BCUT2D eigenvalue weighted by atomic mass is 19.1.